The lowest BCUT2D eigenvalue weighted by molar-refractivity contribution is -0.00461. The molecule has 3 N–H and O–H groups in total. The van der Waals surface area contributed by atoms with E-state index in [1.807, 2.05) is 6.07 Å². The molecule has 20 heavy (non-hydrogen) atoms. The van der Waals surface area contributed by atoms with Gasteiger partial charge in [-0.3, -0.25) is 0 Å². The van der Waals surface area contributed by atoms with Crippen molar-refractivity contribution in [2.24, 2.45) is 5.84 Å². The van der Waals surface area contributed by atoms with Crippen molar-refractivity contribution in [3.8, 4) is 0 Å². The summed E-state index contributed by atoms with van der Waals surface area (Å²) in [4.78, 5) is 11.1. The predicted molar refractivity (Wildman–Crippen MR) is 77.7 cm³/mol. The summed E-state index contributed by atoms with van der Waals surface area (Å²) in [6.07, 6.45) is 0.0958. The zero-order valence-electron chi connectivity index (χ0n) is 12.5. The van der Waals surface area contributed by atoms with Crippen molar-refractivity contribution in [2.45, 2.75) is 32.0 Å². The van der Waals surface area contributed by atoms with Crippen molar-refractivity contribution in [2.75, 3.05) is 37.6 Å². The standard InChI is InChI=1S/C13H23N5O2/c1-8(2)13-15-11(17-14)5-12(16-13)18-6-9(19-3)10(7-18)20-4/h5,8-10H,6-7,14H2,1-4H3,(H,15,16,17). The fraction of sp³-hybridized carbons (Fsp3) is 0.692. The molecule has 1 fully saturated rings. The summed E-state index contributed by atoms with van der Waals surface area (Å²) in [5, 5.41) is 0. The highest BCUT2D eigenvalue weighted by molar-refractivity contribution is 5.50. The van der Waals surface area contributed by atoms with E-state index < -0.39 is 0 Å². The number of nitrogens with two attached hydrogens (primary N) is 1. The lowest BCUT2D eigenvalue weighted by atomic mass is 10.2. The fourth-order valence-corrected chi connectivity index (χ4v) is 2.33. The molecule has 2 atom stereocenters. The zero-order chi connectivity index (χ0) is 14.7. The minimum absolute atomic E-state index is 0.0479. The number of methoxy groups -OCH3 is 2. The molecule has 1 aliphatic rings. The third kappa shape index (κ3) is 3.00. The van der Waals surface area contributed by atoms with Gasteiger partial charge in [-0.2, -0.15) is 0 Å². The summed E-state index contributed by atoms with van der Waals surface area (Å²) >= 11 is 0. The van der Waals surface area contributed by atoms with Crippen LogP contribution in [0.4, 0.5) is 11.6 Å². The Labute approximate surface area is 119 Å². The van der Waals surface area contributed by atoms with Crippen molar-refractivity contribution < 1.29 is 9.47 Å². The fourth-order valence-electron chi connectivity index (χ4n) is 2.33. The van der Waals surface area contributed by atoms with E-state index in [1.54, 1.807) is 14.2 Å². The van der Waals surface area contributed by atoms with Crippen LogP contribution < -0.4 is 16.2 Å². The smallest absolute Gasteiger partial charge is 0.145 e. The summed E-state index contributed by atoms with van der Waals surface area (Å²) in [6, 6.07) is 1.84. The second-order valence-electron chi connectivity index (χ2n) is 5.22. The Morgan fingerprint density at radius 2 is 1.85 bits per heavy atom. The topological polar surface area (TPSA) is 85.5 Å². The van der Waals surface area contributed by atoms with Crippen LogP contribution in [-0.4, -0.2) is 49.5 Å². The molecule has 2 rings (SSSR count). The zero-order valence-corrected chi connectivity index (χ0v) is 12.5. The van der Waals surface area contributed by atoms with Crippen LogP contribution >= 0.6 is 0 Å². The Balaban J connectivity index is 2.26. The van der Waals surface area contributed by atoms with E-state index >= 15 is 0 Å². The van der Waals surface area contributed by atoms with Crippen LogP contribution in [0.2, 0.25) is 0 Å². The van der Waals surface area contributed by atoms with Gasteiger partial charge in [0.1, 0.15) is 29.7 Å². The average Bonchev–Trinajstić information content (AvgIpc) is 2.89. The number of hydrogen-bond acceptors (Lipinski definition) is 7. The second kappa shape index (κ2) is 6.34. The first-order valence-electron chi connectivity index (χ1n) is 6.75. The molecule has 1 aromatic rings. The lowest BCUT2D eigenvalue weighted by Crippen LogP contribution is -2.27. The molecule has 112 valence electrons. The number of aromatic nitrogens is 2. The quantitative estimate of drug-likeness (QED) is 0.608. The molecule has 1 aliphatic heterocycles. The minimum atomic E-state index is 0.0479. The van der Waals surface area contributed by atoms with Crippen LogP contribution in [0.3, 0.4) is 0 Å². The van der Waals surface area contributed by atoms with Gasteiger partial charge in [-0.1, -0.05) is 13.8 Å². The van der Waals surface area contributed by atoms with E-state index in [-0.39, 0.29) is 18.1 Å². The van der Waals surface area contributed by atoms with E-state index in [2.05, 4.69) is 34.1 Å². The molecule has 0 amide bonds. The molecule has 2 unspecified atom stereocenters. The third-order valence-corrected chi connectivity index (χ3v) is 3.54. The maximum absolute atomic E-state index is 5.49. The van der Waals surface area contributed by atoms with Gasteiger partial charge in [0.05, 0.1) is 0 Å². The maximum Gasteiger partial charge on any atom is 0.145 e. The number of hydrogen-bond donors (Lipinski definition) is 2. The largest absolute Gasteiger partial charge is 0.377 e. The Morgan fingerprint density at radius 1 is 1.25 bits per heavy atom. The molecule has 0 aliphatic carbocycles. The molecular weight excluding hydrogens is 258 g/mol. The number of nitrogens with zero attached hydrogens (tertiary/aromatic N) is 3. The molecule has 1 saturated heterocycles. The van der Waals surface area contributed by atoms with E-state index in [0.717, 1.165) is 24.7 Å². The van der Waals surface area contributed by atoms with Crippen molar-refractivity contribution >= 4 is 11.6 Å². The van der Waals surface area contributed by atoms with E-state index in [0.29, 0.717) is 5.82 Å². The van der Waals surface area contributed by atoms with Gasteiger partial charge in [0.25, 0.3) is 0 Å². The predicted octanol–water partition coefficient (Wildman–Crippen LogP) is 0.736. The number of rotatable bonds is 5. The van der Waals surface area contributed by atoms with Crippen LogP contribution in [0.1, 0.15) is 25.6 Å². The lowest BCUT2D eigenvalue weighted by Gasteiger charge is -2.19. The minimum Gasteiger partial charge on any atom is -0.377 e. The van der Waals surface area contributed by atoms with E-state index in [4.69, 9.17) is 15.3 Å². The Hall–Kier alpha value is -1.44. The maximum atomic E-state index is 5.49. The third-order valence-electron chi connectivity index (χ3n) is 3.54. The van der Waals surface area contributed by atoms with Crippen LogP contribution in [0.15, 0.2) is 6.07 Å². The summed E-state index contributed by atoms with van der Waals surface area (Å²) in [5.74, 6) is 7.96. The normalized spacial score (nSPS) is 22.6. The molecule has 1 aromatic heterocycles. The molecule has 7 heteroatoms. The van der Waals surface area contributed by atoms with Gasteiger partial charge in [-0.05, 0) is 0 Å². The highest BCUT2D eigenvalue weighted by atomic mass is 16.5. The van der Waals surface area contributed by atoms with Gasteiger partial charge in [0, 0.05) is 39.3 Å². The molecular formula is C13H23N5O2. The molecule has 0 bridgehead atoms. The molecule has 0 spiro atoms. The SMILES string of the molecule is COC1CN(c2cc(NN)nc(C(C)C)n2)CC1OC. The number of hydrazine groups is 1. The number of nitrogen functional groups attached to an aromatic ring is 1. The summed E-state index contributed by atoms with van der Waals surface area (Å²) < 4.78 is 10.9. The second-order valence-corrected chi connectivity index (χ2v) is 5.22. The molecule has 0 radical (unpaired) electrons. The Kier molecular flexibility index (Phi) is 4.74. The van der Waals surface area contributed by atoms with E-state index in [1.165, 1.54) is 0 Å². The van der Waals surface area contributed by atoms with Gasteiger partial charge in [-0.25, -0.2) is 15.8 Å². The average molecular weight is 281 g/mol. The van der Waals surface area contributed by atoms with Gasteiger partial charge < -0.3 is 19.8 Å². The van der Waals surface area contributed by atoms with Crippen LogP contribution in [0.25, 0.3) is 0 Å². The first kappa shape index (κ1) is 15.0. The summed E-state index contributed by atoms with van der Waals surface area (Å²) in [6.45, 7) is 5.60. The van der Waals surface area contributed by atoms with E-state index in [9.17, 15) is 0 Å². The van der Waals surface area contributed by atoms with Crippen LogP contribution in [-0.2, 0) is 9.47 Å². The first-order chi connectivity index (χ1) is 9.58. The Bertz CT molecular complexity index is 442. The monoisotopic (exact) mass is 281 g/mol. The summed E-state index contributed by atoms with van der Waals surface area (Å²) in [5.41, 5.74) is 2.60. The van der Waals surface area contributed by atoms with Gasteiger partial charge in [0.15, 0.2) is 0 Å². The summed E-state index contributed by atoms with van der Waals surface area (Å²) in [7, 11) is 3.40. The van der Waals surface area contributed by atoms with Crippen LogP contribution in [0.5, 0.6) is 0 Å². The van der Waals surface area contributed by atoms with Crippen molar-refractivity contribution in [3.63, 3.8) is 0 Å². The molecule has 2 heterocycles. The van der Waals surface area contributed by atoms with Crippen molar-refractivity contribution in [1.29, 1.82) is 0 Å². The molecule has 0 aromatic carbocycles. The Morgan fingerprint density at radius 3 is 2.30 bits per heavy atom. The number of nitrogens with one attached hydrogen (secondary N) is 1. The first-order valence-corrected chi connectivity index (χ1v) is 6.75. The molecule has 0 saturated carbocycles. The number of ether oxygens (including phenoxy) is 2. The highest BCUT2D eigenvalue weighted by Gasteiger charge is 2.34. The van der Waals surface area contributed by atoms with Gasteiger partial charge in [0.2, 0.25) is 0 Å². The van der Waals surface area contributed by atoms with Crippen LogP contribution in [0, 0.1) is 0 Å². The van der Waals surface area contributed by atoms with Crippen molar-refractivity contribution in [3.05, 3.63) is 11.9 Å². The highest BCUT2D eigenvalue weighted by Crippen LogP contribution is 2.25. The van der Waals surface area contributed by atoms with Gasteiger partial charge >= 0.3 is 0 Å². The number of anilines is 2. The van der Waals surface area contributed by atoms with Gasteiger partial charge in [-0.15, -0.1) is 0 Å². The molecule has 7 nitrogen and oxygen atoms in total. The van der Waals surface area contributed by atoms with Crippen molar-refractivity contribution in [1.82, 2.24) is 9.97 Å².